The van der Waals surface area contributed by atoms with E-state index in [2.05, 4.69) is 170 Å². The zero-order chi connectivity index (χ0) is 29.1. The van der Waals surface area contributed by atoms with Gasteiger partial charge in [0.25, 0.3) is 0 Å². The van der Waals surface area contributed by atoms with E-state index in [1.54, 1.807) is 0 Å². The molecular weight excluding hydrogens is 549 g/mol. The van der Waals surface area contributed by atoms with E-state index < -0.39 is 0 Å². The molecule has 8 aromatic rings. The van der Waals surface area contributed by atoms with Crippen LogP contribution < -0.4 is 0 Å². The topological polar surface area (TPSA) is 0 Å². The SMILES string of the molecule is c1ccc(-c2cccc3c2sc2cccc(-c4ccc(C5(c6ccccc6)c6ccccc6-c6ccccc65)cc4)c23)cc1. The van der Waals surface area contributed by atoms with Gasteiger partial charge in [-0.15, -0.1) is 11.3 Å². The van der Waals surface area contributed by atoms with E-state index >= 15 is 0 Å². The normalized spacial score (nSPS) is 13.2. The summed E-state index contributed by atoms with van der Waals surface area (Å²) in [6, 6.07) is 62.6. The predicted molar refractivity (Wildman–Crippen MR) is 188 cm³/mol. The third-order valence-corrected chi connectivity index (χ3v) is 10.6. The van der Waals surface area contributed by atoms with Crippen molar-refractivity contribution in [1.29, 1.82) is 0 Å². The van der Waals surface area contributed by atoms with Crippen LogP contribution in [0.2, 0.25) is 0 Å². The fourth-order valence-corrected chi connectivity index (χ4v) is 8.81. The van der Waals surface area contributed by atoms with Crippen LogP contribution in [0.5, 0.6) is 0 Å². The minimum atomic E-state index is -0.376. The van der Waals surface area contributed by atoms with Crippen LogP contribution in [0, 0.1) is 0 Å². The molecule has 0 saturated carbocycles. The van der Waals surface area contributed by atoms with Gasteiger partial charge in [-0.1, -0.05) is 164 Å². The Balaban J connectivity index is 1.25. The molecule has 0 atom stereocenters. The number of benzene rings is 7. The average Bonchev–Trinajstić information content (AvgIpc) is 3.64. The number of rotatable bonds is 4. The van der Waals surface area contributed by atoms with Gasteiger partial charge in [0.1, 0.15) is 0 Å². The van der Waals surface area contributed by atoms with Crippen molar-refractivity contribution in [1.82, 2.24) is 0 Å². The lowest BCUT2D eigenvalue weighted by Gasteiger charge is -2.34. The maximum Gasteiger partial charge on any atom is 0.0713 e. The molecule has 0 bridgehead atoms. The molecule has 0 radical (unpaired) electrons. The fraction of sp³-hybridized carbons (Fsp3) is 0.0233. The summed E-state index contributed by atoms with van der Waals surface area (Å²) in [7, 11) is 0. The highest BCUT2D eigenvalue weighted by Gasteiger charge is 2.45. The largest absolute Gasteiger partial charge is 0.135 e. The molecule has 0 unspecified atom stereocenters. The highest BCUT2D eigenvalue weighted by molar-refractivity contribution is 7.26. The van der Waals surface area contributed by atoms with Crippen LogP contribution in [0.1, 0.15) is 22.3 Å². The van der Waals surface area contributed by atoms with E-state index in [1.807, 2.05) is 11.3 Å². The third kappa shape index (κ3) is 3.57. The molecule has 44 heavy (non-hydrogen) atoms. The van der Waals surface area contributed by atoms with Crippen molar-refractivity contribution >= 4 is 31.5 Å². The molecule has 1 aliphatic carbocycles. The van der Waals surface area contributed by atoms with E-state index in [-0.39, 0.29) is 5.41 Å². The highest BCUT2D eigenvalue weighted by atomic mass is 32.1. The van der Waals surface area contributed by atoms with E-state index in [0.29, 0.717) is 0 Å². The van der Waals surface area contributed by atoms with Crippen molar-refractivity contribution in [3.8, 4) is 33.4 Å². The Morgan fingerprint density at radius 1 is 0.364 bits per heavy atom. The summed E-state index contributed by atoms with van der Waals surface area (Å²) in [5, 5.41) is 2.66. The minimum Gasteiger partial charge on any atom is -0.135 e. The molecule has 206 valence electrons. The van der Waals surface area contributed by atoms with E-state index in [1.165, 1.54) is 75.8 Å². The Labute approximate surface area is 261 Å². The number of hydrogen-bond acceptors (Lipinski definition) is 1. The fourth-order valence-electron chi connectivity index (χ4n) is 7.55. The second kappa shape index (κ2) is 9.91. The molecule has 0 nitrogen and oxygen atoms in total. The van der Waals surface area contributed by atoms with E-state index in [0.717, 1.165) is 0 Å². The molecule has 0 aliphatic heterocycles. The predicted octanol–water partition coefficient (Wildman–Crippen LogP) is 11.8. The van der Waals surface area contributed by atoms with Crippen molar-refractivity contribution in [3.05, 3.63) is 192 Å². The summed E-state index contributed by atoms with van der Waals surface area (Å²) < 4.78 is 2.67. The Kier molecular flexibility index (Phi) is 5.69. The summed E-state index contributed by atoms with van der Waals surface area (Å²) in [5.41, 5.74) is 12.6. The molecule has 7 aromatic carbocycles. The van der Waals surface area contributed by atoms with Crippen LogP contribution in [-0.2, 0) is 5.41 Å². The van der Waals surface area contributed by atoms with Gasteiger partial charge in [0.2, 0.25) is 0 Å². The molecule has 1 heteroatoms. The maximum atomic E-state index is 2.37. The van der Waals surface area contributed by atoms with Gasteiger partial charge >= 0.3 is 0 Å². The summed E-state index contributed by atoms with van der Waals surface area (Å²) in [6.45, 7) is 0. The molecule has 0 saturated heterocycles. The van der Waals surface area contributed by atoms with Gasteiger partial charge in [-0.05, 0) is 61.7 Å². The van der Waals surface area contributed by atoms with E-state index in [9.17, 15) is 0 Å². The highest BCUT2D eigenvalue weighted by Crippen LogP contribution is 2.56. The first-order chi connectivity index (χ1) is 21.8. The number of hydrogen-bond donors (Lipinski definition) is 0. The van der Waals surface area contributed by atoms with Crippen molar-refractivity contribution in [2.45, 2.75) is 5.41 Å². The van der Waals surface area contributed by atoms with Crippen LogP contribution in [0.25, 0.3) is 53.6 Å². The van der Waals surface area contributed by atoms with Gasteiger partial charge in [0.15, 0.2) is 0 Å². The van der Waals surface area contributed by atoms with Crippen LogP contribution in [-0.4, -0.2) is 0 Å². The number of thiophene rings is 1. The molecule has 0 amide bonds. The second-order valence-corrected chi connectivity index (χ2v) is 12.7. The standard InChI is InChI=1S/C43H28S/c1-3-13-29(14-4-1)34-20-11-21-37-41-33(19-12-24-40(41)44-42(34)37)30-25-27-32(28-26-30)43(31-15-5-2-6-16-31)38-22-9-7-17-35(38)36-18-8-10-23-39(36)43/h1-28H. The third-order valence-electron chi connectivity index (χ3n) is 9.40. The lowest BCUT2D eigenvalue weighted by Crippen LogP contribution is -2.28. The van der Waals surface area contributed by atoms with Crippen LogP contribution in [0.4, 0.5) is 0 Å². The Hall–Kier alpha value is -5.24. The van der Waals surface area contributed by atoms with Gasteiger partial charge in [-0.25, -0.2) is 0 Å². The number of fused-ring (bicyclic) bond motifs is 6. The Bertz CT molecular complexity index is 2260. The molecule has 0 fully saturated rings. The van der Waals surface area contributed by atoms with Crippen molar-refractivity contribution in [3.63, 3.8) is 0 Å². The Morgan fingerprint density at radius 3 is 1.59 bits per heavy atom. The lowest BCUT2D eigenvalue weighted by molar-refractivity contribution is 0.768. The van der Waals surface area contributed by atoms with Crippen molar-refractivity contribution in [2.75, 3.05) is 0 Å². The molecule has 0 spiro atoms. The molecular formula is C43H28S. The first kappa shape index (κ1) is 25.3. The molecule has 1 aromatic heterocycles. The zero-order valence-corrected chi connectivity index (χ0v) is 24.9. The molecule has 1 aliphatic rings. The molecule has 1 heterocycles. The summed E-state index contributed by atoms with van der Waals surface area (Å²) in [6.07, 6.45) is 0. The van der Waals surface area contributed by atoms with Crippen LogP contribution in [0.3, 0.4) is 0 Å². The van der Waals surface area contributed by atoms with Gasteiger partial charge in [-0.3, -0.25) is 0 Å². The monoisotopic (exact) mass is 576 g/mol. The van der Waals surface area contributed by atoms with Gasteiger partial charge in [-0.2, -0.15) is 0 Å². The Morgan fingerprint density at radius 2 is 0.886 bits per heavy atom. The summed E-state index contributed by atoms with van der Waals surface area (Å²) in [5.74, 6) is 0. The summed E-state index contributed by atoms with van der Waals surface area (Å²) in [4.78, 5) is 0. The van der Waals surface area contributed by atoms with E-state index in [4.69, 9.17) is 0 Å². The summed E-state index contributed by atoms with van der Waals surface area (Å²) >= 11 is 1.90. The van der Waals surface area contributed by atoms with Crippen LogP contribution >= 0.6 is 11.3 Å². The average molecular weight is 577 g/mol. The molecule has 0 N–H and O–H groups in total. The van der Waals surface area contributed by atoms with Crippen LogP contribution in [0.15, 0.2) is 170 Å². The zero-order valence-electron chi connectivity index (χ0n) is 24.1. The minimum absolute atomic E-state index is 0.376. The molecule has 9 rings (SSSR count). The van der Waals surface area contributed by atoms with Gasteiger partial charge in [0.05, 0.1) is 5.41 Å². The first-order valence-corrected chi connectivity index (χ1v) is 16.0. The van der Waals surface area contributed by atoms with Gasteiger partial charge < -0.3 is 0 Å². The second-order valence-electron chi connectivity index (χ2n) is 11.6. The van der Waals surface area contributed by atoms with Gasteiger partial charge in [0, 0.05) is 20.2 Å². The van der Waals surface area contributed by atoms with Crippen molar-refractivity contribution in [2.24, 2.45) is 0 Å². The quantitative estimate of drug-likeness (QED) is 0.195. The lowest BCUT2D eigenvalue weighted by atomic mass is 9.67. The smallest absolute Gasteiger partial charge is 0.0713 e. The maximum absolute atomic E-state index is 2.37. The first-order valence-electron chi connectivity index (χ1n) is 15.2. The van der Waals surface area contributed by atoms with Crippen molar-refractivity contribution < 1.29 is 0 Å².